The van der Waals surface area contributed by atoms with E-state index in [-0.39, 0.29) is 5.54 Å². The Bertz CT molecular complexity index is 482. The Morgan fingerprint density at radius 2 is 2.07 bits per heavy atom. The Morgan fingerprint density at radius 1 is 1.33 bits per heavy atom. The van der Waals surface area contributed by atoms with Crippen molar-refractivity contribution in [3.8, 4) is 0 Å². The van der Waals surface area contributed by atoms with Crippen molar-refractivity contribution in [2.75, 3.05) is 5.32 Å². The molecule has 0 saturated carbocycles. The number of hydrogen-bond acceptors (Lipinski definition) is 2. The molecule has 80 valence electrons. The van der Waals surface area contributed by atoms with E-state index >= 15 is 0 Å². The second kappa shape index (κ2) is 3.52. The Labute approximate surface area is 97.4 Å². The summed E-state index contributed by atoms with van der Waals surface area (Å²) in [6.45, 7) is 6.32. The maximum Gasteiger partial charge on any atom is 0.201 e. The Hall–Kier alpha value is -1.03. The van der Waals surface area contributed by atoms with Crippen LogP contribution in [-0.2, 0) is 0 Å². The van der Waals surface area contributed by atoms with Crippen LogP contribution in [0, 0.1) is 0 Å². The van der Waals surface area contributed by atoms with E-state index in [0.29, 0.717) is 0 Å². The number of imidazole rings is 1. The van der Waals surface area contributed by atoms with E-state index in [1.54, 1.807) is 0 Å². The summed E-state index contributed by atoms with van der Waals surface area (Å²) in [6.07, 6.45) is 0. The molecule has 2 rings (SSSR count). The van der Waals surface area contributed by atoms with E-state index in [2.05, 4.69) is 52.0 Å². The number of anilines is 1. The summed E-state index contributed by atoms with van der Waals surface area (Å²) in [7, 11) is 0. The molecule has 2 N–H and O–H groups in total. The molecule has 0 spiro atoms. The fourth-order valence-electron chi connectivity index (χ4n) is 1.40. The number of aromatic amines is 1. The number of H-pyrrole nitrogens is 1. The third-order valence-electron chi connectivity index (χ3n) is 1.94. The number of fused-ring (bicyclic) bond motifs is 1. The van der Waals surface area contributed by atoms with Crippen molar-refractivity contribution < 1.29 is 0 Å². The van der Waals surface area contributed by atoms with Gasteiger partial charge in [-0.05, 0) is 39.0 Å². The average molecular weight is 268 g/mol. The number of benzene rings is 1. The van der Waals surface area contributed by atoms with Crippen molar-refractivity contribution in [3.05, 3.63) is 22.7 Å². The highest BCUT2D eigenvalue weighted by Crippen LogP contribution is 2.20. The summed E-state index contributed by atoms with van der Waals surface area (Å²) in [6, 6.07) is 6.00. The first-order valence-electron chi connectivity index (χ1n) is 4.87. The maximum absolute atomic E-state index is 4.45. The molecule has 0 amide bonds. The van der Waals surface area contributed by atoms with Gasteiger partial charge >= 0.3 is 0 Å². The normalized spacial score (nSPS) is 12.0. The van der Waals surface area contributed by atoms with Gasteiger partial charge in [0.15, 0.2) is 0 Å². The highest BCUT2D eigenvalue weighted by atomic mass is 79.9. The van der Waals surface area contributed by atoms with E-state index in [0.717, 1.165) is 21.5 Å². The molecular weight excluding hydrogens is 254 g/mol. The van der Waals surface area contributed by atoms with Crippen LogP contribution >= 0.6 is 15.9 Å². The lowest BCUT2D eigenvalue weighted by Gasteiger charge is -2.19. The third kappa shape index (κ3) is 2.50. The van der Waals surface area contributed by atoms with Crippen LogP contribution in [0.15, 0.2) is 22.7 Å². The molecule has 2 aromatic rings. The van der Waals surface area contributed by atoms with Gasteiger partial charge in [0.2, 0.25) is 5.95 Å². The van der Waals surface area contributed by atoms with Crippen LogP contribution in [0.2, 0.25) is 0 Å². The second-order valence-electron chi connectivity index (χ2n) is 4.62. The van der Waals surface area contributed by atoms with E-state index in [1.807, 2.05) is 18.2 Å². The molecule has 0 bridgehead atoms. The predicted octanol–water partition coefficient (Wildman–Crippen LogP) is 3.54. The predicted molar refractivity (Wildman–Crippen MR) is 67.2 cm³/mol. The van der Waals surface area contributed by atoms with Crippen molar-refractivity contribution in [2.45, 2.75) is 26.3 Å². The highest BCUT2D eigenvalue weighted by molar-refractivity contribution is 9.10. The zero-order valence-corrected chi connectivity index (χ0v) is 10.6. The van der Waals surface area contributed by atoms with Gasteiger partial charge in [0.25, 0.3) is 0 Å². The number of nitrogens with one attached hydrogen (secondary N) is 2. The number of rotatable bonds is 1. The summed E-state index contributed by atoms with van der Waals surface area (Å²) < 4.78 is 1.06. The monoisotopic (exact) mass is 267 g/mol. The number of hydrogen-bond donors (Lipinski definition) is 2. The molecule has 3 nitrogen and oxygen atoms in total. The number of aromatic nitrogens is 2. The minimum absolute atomic E-state index is 0.0190. The highest BCUT2D eigenvalue weighted by Gasteiger charge is 2.11. The Morgan fingerprint density at radius 3 is 2.73 bits per heavy atom. The van der Waals surface area contributed by atoms with Gasteiger partial charge in [-0.15, -0.1) is 0 Å². The van der Waals surface area contributed by atoms with Gasteiger partial charge < -0.3 is 10.3 Å². The molecule has 0 saturated heterocycles. The molecule has 0 fully saturated rings. The molecule has 0 unspecified atom stereocenters. The fourth-order valence-corrected chi connectivity index (χ4v) is 1.76. The lowest BCUT2D eigenvalue weighted by Crippen LogP contribution is -2.26. The minimum Gasteiger partial charge on any atom is -0.351 e. The molecule has 0 aliphatic carbocycles. The molecule has 0 aliphatic heterocycles. The van der Waals surface area contributed by atoms with Crippen molar-refractivity contribution in [2.24, 2.45) is 0 Å². The van der Waals surface area contributed by atoms with Gasteiger partial charge in [-0.25, -0.2) is 4.98 Å². The molecular formula is C11H14BrN3. The van der Waals surface area contributed by atoms with Crippen LogP contribution in [-0.4, -0.2) is 15.5 Å². The minimum atomic E-state index is 0.0190. The first-order chi connectivity index (χ1) is 6.94. The summed E-state index contributed by atoms with van der Waals surface area (Å²) in [5.41, 5.74) is 2.03. The van der Waals surface area contributed by atoms with Crippen LogP contribution < -0.4 is 5.32 Å². The molecule has 0 atom stereocenters. The van der Waals surface area contributed by atoms with Crippen LogP contribution in [0.1, 0.15) is 20.8 Å². The first-order valence-corrected chi connectivity index (χ1v) is 5.67. The van der Waals surface area contributed by atoms with Gasteiger partial charge in [-0.3, -0.25) is 0 Å². The summed E-state index contributed by atoms with van der Waals surface area (Å²) in [5, 5.41) is 3.31. The molecule has 1 aromatic carbocycles. The van der Waals surface area contributed by atoms with Gasteiger partial charge in [0.1, 0.15) is 0 Å². The standard InChI is InChI=1S/C11H14BrN3/c1-11(2,3)15-10-13-8-5-4-7(12)6-9(8)14-10/h4-6H,1-3H3,(H2,13,14,15). The largest absolute Gasteiger partial charge is 0.351 e. The Kier molecular flexibility index (Phi) is 2.46. The Balaban J connectivity index is 2.39. The molecule has 1 aromatic heterocycles. The van der Waals surface area contributed by atoms with E-state index in [9.17, 15) is 0 Å². The van der Waals surface area contributed by atoms with Gasteiger partial charge in [-0.2, -0.15) is 0 Å². The summed E-state index contributed by atoms with van der Waals surface area (Å²) in [4.78, 5) is 7.69. The van der Waals surface area contributed by atoms with E-state index in [1.165, 1.54) is 0 Å². The zero-order chi connectivity index (χ0) is 11.1. The topological polar surface area (TPSA) is 40.7 Å². The first kappa shape index (κ1) is 10.5. The van der Waals surface area contributed by atoms with E-state index < -0.39 is 0 Å². The van der Waals surface area contributed by atoms with Crippen molar-refractivity contribution in [1.82, 2.24) is 9.97 Å². The molecule has 0 radical (unpaired) electrons. The zero-order valence-electron chi connectivity index (χ0n) is 9.06. The quantitative estimate of drug-likeness (QED) is 0.830. The van der Waals surface area contributed by atoms with Crippen LogP contribution in [0.5, 0.6) is 0 Å². The van der Waals surface area contributed by atoms with E-state index in [4.69, 9.17) is 0 Å². The lowest BCUT2D eigenvalue weighted by molar-refractivity contribution is 0.628. The lowest BCUT2D eigenvalue weighted by atomic mass is 10.1. The smallest absolute Gasteiger partial charge is 0.201 e. The second-order valence-corrected chi connectivity index (χ2v) is 5.54. The molecule has 15 heavy (non-hydrogen) atoms. The number of halogens is 1. The third-order valence-corrected chi connectivity index (χ3v) is 2.43. The summed E-state index contributed by atoms with van der Waals surface area (Å²) in [5.74, 6) is 0.815. The van der Waals surface area contributed by atoms with Gasteiger partial charge in [0, 0.05) is 10.0 Å². The van der Waals surface area contributed by atoms with Crippen LogP contribution in [0.3, 0.4) is 0 Å². The number of nitrogens with zero attached hydrogens (tertiary/aromatic N) is 1. The fraction of sp³-hybridized carbons (Fsp3) is 0.364. The van der Waals surface area contributed by atoms with Crippen molar-refractivity contribution in [1.29, 1.82) is 0 Å². The maximum atomic E-state index is 4.45. The molecule has 4 heteroatoms. The van der Waals surface area contributed by atoms with Crippen LogP contribution in [0.25, 0.3) is 11.0 Å². The van der Waals surface area contributed by atoms with Gasteiger partial charge in [0.05, 0.1) is 11.0 Å². The van der Waals surface area contributed by atoms with Crippen LogP contribution in [0.4, 0.5) is 5.95 Å². The molecule has 0 aliphatic rings. The summed E-state index contributed by atoms with van der Waals surface area (Å²) >= 11 is 3.43. The van der Waals surface area contributed by atoms with Crippen molar-refractivity contribution in [3.63, 3.8) is 0 Å². The molecule has 1 heterocycles. The SMILES string of the molecule is CC(C)(C)Nc1nc2ccc(Br)cc2[nH]1. The van der Waals surface area contributed by atoms with Crippen molar-refractivity contribution >= 4 is 32.9 Å². The average Bonchev–Trinajstić information content (AvgIpc) is 2.42. The van der Waals surface area contributed by atoms with Gasteiger partial charge in [-0.1, -0.05) is 15.9 Å².